The van der Waals surface area contributed by atoms with Crippen LogP contribution in [0.3, 0.4) is 0 Å². The molecule has 0 saturated carbocycles. The molecule has 0 radical (unpaired) electrons. The minimum atomic E-state index is -0.365. The molecule has 0 aromatic heterocycles. The van der Waals surface area contributed by atoms with E-state index in [4.69, 9.17) is 4.74 Å². The van der Waals surface area contributed by atoms with Gasteiger partial charge in [0.05, 0.1) is 31.9 Å². The fraction of sp³-hybridized carbons (Fsp3) is 0.529. The zero-order chi connectivity index (χ0) is 16.8. The average molecular weight is 320 g/mol. The van der Waals surface area contributed by atoms with E-state index in [9.17, 15) is 9.59 Å². The Bertz CT molecular complexity index is 544. The third kappa shape index (κ3) is 5.04. The minimum Gasteiger partial charge on any atom is -0.465 e. The number of nitrogens with one attached hydrogen (secondary N) is 1. The number of morpholine rings is 1. The Morgan fingerprint density at radius 2 is 2.00 bits per heavy atom. The lowest BCUT2D eigenvalue weighted by atomic mass is 10.1. The Kier molecular flexibility index (Phi) is 6.12. The highest BCUT2D eigenvalue weighted by Gasteiger charge is 2.24. The fourth-order valence-electron chi connectivity index (χ4n) is 2.51. The first-order valence-corrected chi connectivity index (χ1v) is 7.79. The summed E-state index contributed by atoms with van der Waals surface area (Å²) >= 11 is 0. The molecule has 1 aliphatic heterocycles. The van der Waals surface area contributed by atoms with Crippen molar-refractivity contribution in [1.82, 2.24) is 10.2 Å². The fourth-order valence-corrected chi connectivity index (χ4v) is 2.51. The number of carbonyl (C=O) groups is 2. The molecule has 126 valence electrons. The minimum absolute atomic E-state index is 0.0111. The van der Waals surface area contributed by atoms with Crippen LogP contribution in [0.2, 0.25) is 0 Å². The summed E-state index contributed by atoms with van der Waals surface area (Å²) in [6.45, 7) is 6.31. The molecular formula is C17H24N2O4. The first kappa shape index (κ1) is 17.4. The number of amides is 1. The number of esters is 1. The molecule has 6 nitrogen and oxygen atoms in total. The maximum atomic E-state index is 12.1. The molecule has 0 spiro atoms. The van der Waals surface area contributed by atoms with Gasteiger partial charge in [0.15, 0.2) is 0 Å². The van der Waals surface area contributed by atoms with Crippen molar-refractivity contribution in [1.29, 1.82) is 0 Å². The van der Waals surface area contributed by atoms with E-state index < -0.39 is 0 Å². The zero-order valence-electron chi connectivity index (χ0n) is 13.9. The number of nitrogens with zero attached hydrogens (tertiary/aromatic N) is 1. The molecule has 23 heavy (non-hydrogen) atoms. The van der Waals surface area contributed by atoms with Crippen LogP contribution in [0.4, 0.5) is 0 Å². The van der Waals surface area contributed by atoms with Crippen LogP contribution in [0.1, 0.15) is 29.8 Å². The van der Waals surface area contributed by atoms with Gasteiger partial charge in [-0.05, 0) is 31.5 Å². The van der Waals surface area contributed by atoms with Gasteiger partial charge in [0.2, 0.25) is 5.91 Å². The molecule has 2 atom stereocenters. The molecule has 1 N–H and O–H groups in total. The molecule has 0 aliphatic carbocycles. The smallest absolute Gasteiger partial charge is 0.337 e. The monoisotopic (exact) mass is 320 g/mol. The second-order valence-corrected chi connectivity index (χ2v) is 5.89. The second kappa shape index (κ2) is 8.08. The van der Waals surface area contributed by atoms with E-state index >= 15 is 0 Å². The van der Waals surface area contributed by atoms with E-state index in [-0.39, 0.29) is 24.0 Å². The highest BCUT2D eigenvalue weighted by Crippen LogP contribution is 2.10. The van der Waals surface area contributed by atoms with Crippen LogP contribution in [0.5, 0.6) is 0 Å². The van der Waals surface area contributed by atoms with Gasteiger partial charge in [-0.15, -0.1) is 0 Å². The Labute approximate surface area is 136 Å². The van der Waals surface area contributed by atoms with Gasteiger partial charge >= 0.3 is 5.97 Å². The van der Waals surface area contributed by atoms with E-state index in [1.807, 2.05) is 19.1 Å². The molecule has 1 fully saturated rings. The number of rotatable bonds is 5. The molecule has 1 aliphatic rings. The largest absolute Gasteiger partial charge is 0.465 e. The SMILES string of the molecule is COC(=O)c1ccc(CNC(=O)CN2C[C@@H](C)OC[C@@H]2C)cc1. The molecule has 1 aromatic rings. The molecule has 2 rings (SSSR count). The van der Waals surface area contributed by atoms with E-state index in [1.165, 1.54) is 7.11 Å². The maximum absolute atomic E-state index is 12.1. The zero-order valence-corrected chi connectivity index (χ0v) is 13.9. The number of methoxy groups -OCH3 is 1. The highest BCUT2D eigenvalue weighted by molar-refractivity contribution is 5.89. The normalized spacial score (nSPS) is 21.7. The third-order valence-corrected chi connectivity index (χ3v) is 3.95. The van der Waals surface area contributed by atoms with Gasteiger partial charge in [-0.2, -0.15) is 0 Å². The molecule has 1 amide bonds. The van der Waals surface area contributed by atoms with Crippen LogP contribution in [0, 0.1) is 0 Å². The van der Waals surface area contributed by atoms with Crippen LogP contribution in [-0.4, -0.2) is 55.7 Å². The molecule has 0 bridgehead atoms. The summed E-state index contributed by atoms with van der Waals surface area (Å²) in [4.78, 5) is 25.6. The summed E-state index contributed by atoms with van der Waals surface area (Å²) in [6.07, 6.45) is 0.157. The lowest BCUT2D eigenvalue weighted by Crippen LogP contribution is -2.50. The Morgan fingerprint density at radius 1 is 1.30 bits per heavy atom. The average Bonchev–Trinajstić information content (AvgIpc) is 2.56. The first-order valence-electron chi connectivity index (χ1n) is 7.79. The number of benzene rings is 1. The number of carbonyl (C=O) groups excluding carboxylic acids is 2. The van der Waals surface area contributed by atoms with Crippen molar-refractivity contribution in [3.63, 3.8) is 0 Å². The Morgan fingerprint density at radius 3 is 2.65 bits per heavy atom. The van der Waals surface area contributed by atoms with Gasteiger partial charge in [-0.1, -0.05) is 12.1 Å². The van der Waals surface area contributed by atoms with Gasteiger partial charge in [-0.25, -0.2) is 4.79 Å². The predicted molar refractivity (Wildman–Crippen MR) is 86.1 cm³/mol. The molecular weight excluding hydrogens is 296 g/mol. The molecule has 1 heterocycles. The van der Waals surface area contributed by atoms with Gasteiger partial charge in [0.1, 0.15) is 0 Å². The van der Waals surface area contributed by atoms with Crippen molar-refractivity contribution in [3.8, 4) is 0 Å². The summed E-state index contributed by atoms with van der Waals surface area (Å²) in [7, 11) is 1.35. The van der Waals surface area contributed by atoms with Crippen molar-refractivity contribution in [2.24, 2.45) is 0 Å². The van der Waals surface area contributed by atoms with Crippen molar-refractivity contribution in [2.45, 2.75) is 32.5 Å². The van der Waals surface area contributed by atoms with E-state index in [2.05, 4.69) is 21.9 Å². The highest BCUT2D eigenvalue weighted by atomic mass is 16.5. The van der Waals surface area contributed by atoms with Crippen LogP contribution in [0.25, 0.3) is 0 Å². The van der Waals surface area contributed by atoms with Crippen LogP contribution >= 0.6 is 0 Å². The summed E-state index contributed by atoms with van der Waals surface area (Å²) in [5.74, 6) is -0.376. The van der Waals surface area contributed by atoms with E-state index in [0.717, 1.165) is 12.1 Å². The number of hydrogen-bond acceptors (Lipinski definition) is 5. The van der Waals surface area contributed by atoms with Crippen molar-refractivity contribution in [3.05, 3.63) is 35.4 Å². The van der Waals surface area contributed by atoms with Crippen LogP contribution < -0.4 is 5.32 Å². The lowest BCUT2D eigenvalue weighted by molar-refractivity contribution is -0.126. The Hall–Kier alpha value is -1.92. The van der Waals surface area contributed by atoms with Crippen molar-refractivity contribution in [2.75, 3.05) is 26.8 Å². The summed E-state index contributed by atoms with van der Waals surface area (Å²) in [5.41, 5.74) is 1.44. The van der Waals surface area contributed by atoms with E-state index in [0.29, 0.717) is 25.3 Å². The van der Waals surface area contributed by atoms with Gasteiger partial charge < -0.3 is 14.8 Å². The van der Waals surface area contributed by atoms with E-state index in [1.54, 1.807) is 12.1 Å². The first-order chi connectivity index (χ1) is 11.0. The van der Waals surface area contributed by atoms with Crippen molar-refractivity contribution < 1.29 is 19.1 Å². The maximum Gasteiger partial charge on any atom is 0.337 e. The second-order valence-electron chi connectivity index (χ2n) is 5.89. The van der Waals surface area contributed by atoms with Gasteiger partial charge in [0.25, 0.3) is 0 Å². The summed E-state index contributed by atoms with van der Waals surface area (Å²) in [5, 5.41) is 2.91. The van der Waals surface area contributed by atoms with Crippen LogP contribution in [0.15, 0.2) is 24.3 Å². The standard InChI is InChI=1S/C17H24N2O4/c1-12-11-23-13(2)9-19(12)10-16(20)18-8-14-4-6-15(7-5-14)17(21)22-3/h4-7,12-13H,8-11H2,1-3H3,(H,18,20)/t12-,13+/m0/s1. The van der Waals surface area contributed by atoms with Gasteiger partial charge in [-0.3, -0.25) is 9.69 Å². The van der Waals surface area contributed by atoms with Crippen LogP contribution in [-0.2, 0) is 20.8 Å². The predicted octanol–water partition coefficient (Wildman–Crippen LogP) is 1.20. The summed E-state index contributed by atoms with van der Waals surface area (Å²) < 4.78 is 10.2. The topological polar surface area (TPSA) is 67.9 Å². The van der Waals surface area contributed by atoms with Gasteiger partial charge in [0, 0.05) is 19.1 Å². The Balaban J connectivity index is 1.81. The van der Waals surface area contributed by atoms with Crippen molar-refractivity contribution >= 4 is 11.9 Å². The molecule has 1 aromatic carbocycles. The summed E-state index contributed by atoms with van der Waals surface area (Å²) in [6, 6.07) is 7.26. The molecule has 6 heteroatoms. The third-order valence-electron chi connectivity index (χ3n) is 3.95. The quantitative estimate of drug-likeness (QED) is 0.826. The number of ether oxygens (including phenoxy) is 2. The lowest BCUT2D eigenvalue weighted by Gasteiger charge is -2.36. The molecule has 0 unspecified atom stereocenters. The number of hydrogen-bond donors (Lipinski definition) is 1. The molecule has 1 saturated heterocycles.